The van der Waals surface area contributed by atoms with Crippen molar-refractivity contribution in [1.82, 2.24) is 9.29 Å². The van der Waals surface area contributed by atoms with Crippen molar-refractivity contribution in [2.45, 2.75) is 37.6 Å². The fourth-order valence-electron chi connectivity index (χ4n) is 3.82. The molecule has 7 heteroatoms. The highest BCUT2D eigenvalue weighted by Gasteiger charge is 2.38. The highest BCUT2D eigenvalue weighted by molar-refractivity contribution is 7.89. The maximum Gasteiger partial charge on any atom is 0.243 e. The van der Waals surface area contributed by atoms with E-state index in [4.69, 9.17) is 9.72 Å². The van der Waals surface area contributed by atoms with E-state index < -0.39 is 10.0 Å². The number of ether oxygens (including phenoxy) is 1. The Balaban J connectivity index is 1.74. The number of hydrogen-bond acceptors (Lipinski definition) is 5. The van der Waals surface area contributed by atoms with E-state index in [1.165, 1.54) is 0 Å². The minimum Gasteiger partial charge on any atom is -0.496 e. The largest absolute Gasteiger partial charge is 0.496 e. The third-order valence-electron chi connectivity index (χ3n) is 5.04. The van der Waals surface area contributed by atoms with Crippen LogP contribution >= 0.6 is 11.3 Å². The maximum atomic E-state index is 13.4. The maximum absolute atomic E-state index is 13.4. The molecule has 0 N–H and O–H groups in total. The Kier molecular flexibility index (Phi) is 4.70. The molecule has 5 nitrogen and oxygen atoms in total. The summed E-state index contributed by atoms with van der Waals surface area (Å²) in [6.07, 6.45) is 1.64. The highest BCUT2D eigenvalue weighted by atomic mass is 32.2. The predicted octanol–water partition coefficient (Wildman–Crippen LogP) is 4.45. The molecule has 1 unspecified atom stereocenters. The van der Waals surface area contributed by atoms with Gasteiger partial charge in [0.05, 0.1) is 28.3 Å². The second-order valence-corrected chi connectivity index (χ2v) is 9.84. The van der Waals surface area contributed by atoms with E-state index >= 15 is 0 Å². The Morgan fingerprint density at radius 3 is 2.56 bits per heavy atom. The zero-order valence-corrected chi connectivity index (χ0v) is 17.2. The zero-order chi connectivity index (χ0) is 19.2. The number of fused-ring (bicyclic) bond motifs is 1. The first-order chi connectivity index (χ1) is 12.9. The van der Waals surface area contributed by atoms with E-state index in [2.05, 4.69) is 0 Å². The molecule has 0 saturated carbocycles. The van der Waals surface area contributed by atoms with Crippen molar-refractivity contribution < 1.29 is 13.2 Å². The number of methoxy groups -OCH3 is 1. The van der Waals surface area contributed by atoms with Crippen molar-refractivity contribution in [3.8, 4) is 5.75 Å². The summed E-state index contributed by atoms with van der Waals surface area (Å²) < 4.78 is 34.9. The quantitative estimate of drug-likeness (QED) is 0.647. The number of nitrogens with zero attached hydrogens (tertiary/aromatic N) is 2. The van der Waals surface area contributed by atoms with Crippen LogP contribution in [-0.4, -0.2) is 31.4 Å². The molecular formula is C20H22N2O3S2. The number of hydrogen-bond donors (Lipinski definition) is 0. The molecule has 1 aliphatic heterocycles. The number of aryl methyl sites for hydroxylation is 2. The summed E-state index contributed by atoms with van der Waals surface area (Å²) in [4.78, 5) is 5.03. The lowest BCUT2D eigenvalue weighted by atomic mass is 10.1. The lowest BCUT2D eigenvalue weighted by Crippen LogP contribution is -2.30. The third kappa shape index (κ3) is 3.13. The minimum absolute atomic E-state index is 0.199. The Morgan fingerprint density at radius 2 is 1.89 bits per heavy atom. The topological polar surface area (TPSA) is 59.5 Å². The third-order valence-corrected chi connectivity index (χ3v) is 8.07. The van der Waals surface area contributed by atoms with Crippen LogP contribution in [0, 0.1) is 13.8 Å². The predicted molar refractivity (Wildman–Crippen MR) is 108 cm³/mol. The molecule has 0 aliphatic carbocycles. The molecule has 2 heterocycles. The molecule has 4 rings (SSSR count). The van der Waals surface area contributed by atoms with E-state index in [1.54, 1.807) is 34.9 Å². The monoisotopic (exact) mass is 402 g/mol. The Morgan fingerprint density at radius 1 is 1.19 bits per heavy atom. The summed E-state index contributed by atoms with van der Waals surface area (Å²) in [5.41, 5.74) is 2.58. The summed E-state index contributed by atoms with van der Waals surface area (Å²) in [5, 5.41) is 0.874. The first-order valence-corrected chi connectivity index (χ1v) is 11.2. The second kappa shape index (κ2) is 6.89. The van der Waals surface area contributed by atoms with Gasteiger partial charge in [0, 0.05) is 6.54 Å². The molecule has 27 heavy (non-hydrogen) atoms. The number of sulfonamides is 1. The molecule has 0 bridgehead atoms. The zero-order valence-electron chi connectivity index (χ0n) is 15.6. The lowest BCUT2D eigenvalue weighted by molar-refractivity contribution is 0.395. The van der Waals surface area contributed by atoms with Gasteiger partial charge >= 0.3 is 0 Å². The first kappa shape index (κ1) is 18.4. The summed E-state index contributed by atoms with van der Waals surface area (Å²) in [6, 6.07) is 11.1. The van der Waals surface area contributed by atoms with Crippen molar-refractivity contribution in [3.63, 3.8) is 0 Å². The van der Waals surface area contributed by atoms with Crippen LogP contribution in [0.15, 0.2) is 41.3 Å². The van der Waals surface area contributed by atoms with Gasteiger partial charge in [0.25, 0.3) is 0 Å². The van der Waals surface area contributed by atoms with E-state index in [0.717, 1.165) is 44.9 Å². The van der Waals surface area contributed by atoms with Crippen molar-refractivity contribution in [1.29, 1.82) is 0 Å². The van der Waals surface area contributed by atoms with Crippen LogP contribution in [0.4, 0.5) is 0 Å². The number of thiazole rings is 1. The van der Waals surface area contributed by atoms with Crippen LogP contribution in [0.1, 0.15) is 35.0 Å². The van der Waals surface area contributed by atoms with Crippen molar-refractivity contribution >= 4 is 31.6 Å². The van der Waals surface area contributed by atoms with Gasteiger partial charge in [0.15, 0.2) is 0 Å². The number of para-hydroxylation sites is 1. The Bertz CT molecular complexity index is 1050. The van der Waals surface area contributed by atoms with E-state index in [9.17, 15) is 8.42 Å². The molecule has 1 aliphatic rings. The molecule has 1 fully saturated rings. The summed E-state index contributed by atoms with van der Waals surface area (Å²) in [6.45, 7) is 4.27. The van der Waals surface area contributed by atoms with Gasteiger partial charge in [-0.05, 0) is 62.1 Å². The fourth-order valence-corrected chi connectivity index (χ4v) is 6.84. The minimum atomic E-state index is -3.60. The molecule has 0 spiro atoms. The van der Waals surface area contributed by atoms with Gasteiger partial charge in [-0.25, -0.2) is 13.4 Å². The van der Waals surface area contributed by atoms with Crippen molar-refractivity contribution in [3.05, 3.63) is 52.5 Å². The molecular weight excluding hydrogens is 380 g/mol. The van der Waals surface area contributed by atoms with Crippen molar-refractivity contribution in [2.24, 2.45) is 0 Å². The second-order valence-electron chi connectivity index (χ2n) is 6.88. The van der Waals surface area contributed by atoms with Crippen LogP contribution in [0.3, 0.4) is 0 Å². The molecule has 1 atom stereocenters. The molecule has 0 amide bonds. The van der Waals surface area contributed by atoms with E-state index in [0.29, 0.717) is 11.4 Å². The fraction of sp³-hybridized carbons (Fsp3) is 0.350. The van der Waals surface area contributed by atoms with Gasteiger partial charge in [-0.2, -0.15) is 4.31 Å². The van der Waals surface area contributed by atoms with Gasteiger partial charge < -0.3 is 4.74 Å². The van der Waals surface area contributed by atoms with Gasteiger partial charge in [0.1, 0.15) is 10.8 Å². The lowest BCUT2D eigenvalue weighted by Gasteiger charge is -2.23. The van der Waals surface area contributed by atoms with Crippen LogP contribution < -0.4 is 4.74 Å². The molecule has 1 saturated heterocycles. The van der Waals surface area contributed by atoms with Crippen molar-refractivity contribution in [2.75, 3.05) is 13.7 Å². The van der Waals surface area contributed by atoms with Crippen LogP contribution in [-0.2, 0) is 10.0 Å². The number of benzene rings is 2. The highest BCUT2D eigenvalue weighted by Crippen LogP contribution is 2.40. The molecule has 142 valence electrons. The molecule has 1 aromatic heterocycles. The van der Waals surface area contributed by atoms with Gasteiger partial charge in [-0.1, -0.05) is 12.1 Å². The summed E-state index contributed by atoms with van der Waals surface area (Å²) in [5.74, 6) is 0.734. The van der Waals surface area contributed by atoms with E-state index in [1.807, 2.05) is 38.1 Å². The first-order valence-electron chi connectivity index (χ1n) is 8.94. The van der Waals surface area contributed by atoms with Crippen LogP contribution in [0.5, 0.6) is 5.75 Å². The smallest absolute Gasteiger partial charge is 0.243 e. The number of rotatable bonds is 4. The van der Waals surface area contributed by atoms with Crippen LogP contribution in [0.2, 0.25) is 0 Å². The Hall–Kier alpha value is -1.96. The average molecular weight is 403 g/mol. The van der Waals surface area contributed by atoms with Gasteiger partial charge in [-0.15, -0.1) is 11.3 Å². The average Bonchev–Trinajstić information content (AvgIpc) is 3.28. The summed E-state index contributed by atoms with van der Waals surface area (Å²) >= 11 is 1.58. The summed E-state index contributed by atoms with van der Waals surface area (Å²) in [7, 11) is -1.99. The molecule has 0 radical (unpaired) electrons. The molecule has 3 aromatic rings. The van der Waals surface area contributed by atoms with Gasteiger partial charge in [-0.3, -0.25) is 0 Å². The van der Waals surface area contributed by atoms with Gasteiger partial charge in [0.2, 0.25) is 10.0 Å². The SMILES string of the molecule is COc1c(C)cc(S(=O)(=O)N2CCCC2c2nc3ccccc3s2)cc1C. The van der Waals surface area contributed by atoms with E-state index in [-0.39, 0.29) is 6.04 Å². The molecule has 2 aromatic carbocycles. The standard InChI is InChI=1S/C20H22N2O3S2/c1-13-11-15(12-14(2)19(13)25-3)27(23,24)22-10-6-8-17(22)20-21-16-7-4-5-9-18(16)26-20/h4-5,7,9,11-12,17H,6,8,10H2,1-3H3. The normalized spacial score (nSPS) is 18.3. The van der Waals surface area contributed by atoms with Crippen LogP contribution in [0.25, 0.3) is 10.2 Å². The number of aromatic nitrogens is 1. The Labute approximate surface area is 163 Å².